The molecule has 0 aromatic rings. The molecule has 0 amide bonds. The normalized spacial score (nSPS) is 15.8. The Labute approximate surface area is 106 Å². The molecule has 0 saturated carbocycles. The van der Waals surface area contributed by atoms with E-state index in [4.69, 9.17) is 9.11 Å². The van der Waals surface area contributed by atoms with Crippen LogP contribution in [0.25, 0.3) is 0 Å². The van der Waals surface area contributed by atoms with E-state index in [0.717, 1.165) is 13.1 Å². The summed E-state index contributed by atoms with van der Waals surface area (Å²) in [4.78, 5) is 2.27. The van der Waals surface area contributed by atoms with Crippen molar-refractivity contribution in [2.45, 2.75) is 13.8 Å². The fourth-order valence-corrected chi connectivity index (χ4v) is 1.83. The van der Waals surface area contributed by atoms with Crippen LogP contribution in [0.15, 0.2) is 23.9 Å². The molecule has 0 saturated heterocycles. The molecule has 106 valence electrons. The van der Waals surface area contributed by atoms with Crippen LogP contribution in [0.3, 0.4) is 0 Å². The minimum absolute atomic E-state index is 1.08. The van der Waals surface area contributed by atoms with Gasteiger partial charge in [0.2, 0.25) is 0 Å². The first-order valence-corrected chi connectivity index (χ1v) is 7.51. The van der Waals surface area contributed by atoms with Crippen molar-refractivity contribution in [3.63, 3.8) is 0 Å². The first-order chi connectivity index (χ1) is 8.03. The number of hydrogen-bond acceptors (Lipinski definition) is 6. The highest BCUT2D eigenvalue weighted by Crippen LogP contribution is 2.04. The molecule has 18 heavy (non-hydrogen) atoms. The van der Waals surface area contributed by atoms with Crippen LogP contribution in [0.5, 0.6) is 0 Å². The fraction of sp³-hybridized carbons (Fsp3) is 0.500. The summed E-state index contributed by atoms with van der Waals surface area (Å²) >= 11 is 0. The lowest BCUT2D eigenvalue weighted by Crippen LogP contribution is -2.18. The molecule has 0 unspecified atom stereocenters. The Morgan fingerprint density at radius 2 is 1.78 bits per heavy atom. The average molecular weight is 301 g/mol. The van der Waals surface area contributed by atoms with E-state index in [1.165, 1.54) is 5.57 Å². The van der Waals surface area contributed by atoms with Crippen LogP contribution >= 0.6 is 0 Å². The minimum atomic E-state index is -5.12. The van der Waals surface area contributed by atoms with Gasteiger partial charge in [0.05, 0.1) is 0 Å². The summed E-state index contributed by atoms with van der Waals surface area (Å²) in [5.74, 6) is 0. The number of likely N-dealkylation sites (N-methyl/N-ethyl adjacent to an activating group) is 1. The Hall–Kier alpha value is -0.940. The molecule has 1 aliphatic heterocycles. The topological polar surface area (TPSA) is 121 Å². The standard InChI is InChI=1S/C8H13N.H2O7S2/c1-3-9-6-4-8(2)5-7-9;1-8(2,3)7-9(4,5)6/h4-6H,3,7H2,1-2H3;(H,1,2,3)(H,4,5,6). The Balaban J connectivity index is 0.000000321. The summed E-state index contributed by atoms with van der Waals surface area (Å²) < 4.78 is 55.6. The summed E-state index contributed by atoms with van der Waals surface area (Å²) in [6, 6.07) is 0. The Kier molecular flexibility index (Phi) is 6.49. The van der Waals surface area contributed by atoms with Gasteiger partial charge in [-0.1, -0.05) is 11.6 Å². The Morgan fingerprint density at radius 3 is 2.00 bits per heavy atom. The van der Waals surface area contributed by atoms with E-state index in [1.54, 1.807) is 0 Å². The van der Waals surface area contributed by atoms with Crippen LogP contribution in [0.4, 0.5) is 0 Å². The van der Waals surface area contributed by atoms with Crippen LogP contribution in [-0.4, -0.2) is 43.9 Å². The summed E-state index contributed by atoms with van der Waals surface area (Å²) in [5, 5.41) is 0. The van der Waals surface area contributed by atoms with Gasteiger partial charge >= 0.3 is 20.8 Å². The van der Waals surface area contributed by atoms with E-state index in [-0.39, 0.29) is 0 Å². The summed E-state index contributed by atoms with van der Waals surface area (Å²) in [5.41, 5.74) is 1.37. The predicted molar refractivity (Wildman–Crippen MR) is 64.3 cm³/mol. The van der Waals surface area contributed by atoms with Crippen molar-refractivity contribution in [1.29, 1.82) is 0 Å². The fourth-order valence-electron chi connectivity index (χ4n) is 0.956. The van der Waals surface area contributed by atoms with E-state index >= 15 is 0 Å². The second-order valence-corrected chi connectivity index (χ2v) is 5.53. The summed E-state index contributed by atoms with van der Waals surface area (Å²) in [7, 11) is -10.2. The maximum atomic E-state index is 9.44. The van der Waals surface area contributed by atoms with E-state index in [2.05, 4.69) is 40.7 Å². The van der Waals surface area contributed by atoms with E-state index in [0.29, 0.717) is 0 Å². The number of nitrogens with zero attached hydrogens (tertiary/aromatic N) is 1. The number of hydrogen-bond donors (Lipinski definition) is 2. The van der Waals surface area contributed by atoms with Gasteiger partial charge in [-0.2, -0.15) is 16.8 Å². The van der Waals surface area contributed by atoms with Crippen molar-refractivity contribution in [3.05, 3.63) is 23.9 Å². The molecule has 0 spiro atoms. The summed E-state index contributed by atoms with van der Waals surface area (Å²) in [6.45, 7) is 6.49. The van der Waals surface area contributed by atoms with Crippen molar-refractivity contribution in [2.24, 2.45) is 0 Å². The Bertz CT molecular complexity index is 488. The molecule has 1 aliphatic rings. The van der Waals surface area contributed by atoms with Gasteiger partial charge in [0.1, 0.15) is 0 Å². The highest BCUT2D eigenvalue weighted by Gasteiger charge is 2.15. The average Bonchev–Trinajstić information content (AvgIpc) is 2.14. The molecule has 0 aromatic heterocycles. The highest BCUT2D eigenvalue weighted by atomic mass is 32.3. The third-order valence-electron chi connectivity index (χ3n) is 1.77. The van der Waals surface area contributed by atoms with Crippen LogP contribution in [-0.2, 0) is 24.4 Å². The molecule has 0 aromatic carbocycles. The third-order valence-corrected chi connectivity index (χ3v) is 3.15. The van der Waals surface area contributed by atoms with Crippen LogP contribution < -0.4 is 0 Å². The maximum absolute atomic E-state index is 9.44. The van der Waals surface area contributed by atoms with Crippen LogP contribution in [0, 0.1) is 0 Å². The smallest absolute Gasteiger partial charge is 0.374 e. The monoisotopic (exact) mass is 301 g/mol. The SMILES string of the molecule is CCN1C=CC(C)=CC1.O=S(=O)(O)OS(=O)(=O)O. The molecule has 0 fully saturated rings. The minimum Gasteiger partial charge on any atom is -0.374 e. The zero-order chi connectivity index (χ0) is 14.4. The van der Waals surface area contributed by atoms with E-state index in [9.17, 15) is 16.8 Å². The van der Waals surface area contributed by atoms with Crippen molar-refractivity contribution in [2.75, 3.05) is 13.1 Å². The molecule has 0 aliphatic carbocycles. The second-order valence-electron chi connectivity index (χ2n) is 3.27. The van der Waals surface area contributed by atoms with Gasteiger partial charge in [0.15, 0.2) is 0 Å². The maximum Gasteiger partial charge on any atom is 0.413 e. The zero-order valence-corrected chi connectivity index (χ0v) is 11.5. The molecule has 1 heterocycles. The quantitative estimate of drug-likeness (QED) is 0.718. The molecule has 0 radical (unpaired) electrons. The van der Waals surface area contributed by atoms with Crippen molar-refractivity contribution in [1.82, 2.24) is 4.90 Å². The molecule has 2 N–H and O–H groups in total. The van der Waals surface area contributed by atoms with Gasteiger partial charge in [-0.05, 0) is 26.1 Å². The molecule has 0 bridgehead atoms. The molecular formula is C8H15NO7S2. The van der Waals surface area contributed by atoms with E-state index in [1.807, 2.05) is 0 Å². The summed E-state index contributed by atoms with van der Waals surface area (Å²) in [6.07, 6.45) is 6.53. The van der Waals surface area contributed by atoms with Gasteiger partial charge in [-0.25, -0.2) is 0 Å². The lowest BCUT2D eigenvalue weighted by atomic mass is 10.2. The van der Waals surface area contributed by atoms with Gasteiger partial charge < -0.3 is 4.90 Å². The first kappa shape index (κ1) is 17.1. The molecule has 10 heteroatoms. The van der Waals surface area contributed by atoms with Gasteiger partial charge in [0.25, 0.3) is 0 Å². The molecule has 0 atom stereocenters. The van der Waals surface area contributed by atoms with Crippen molar-refractivity contribution < 1.29 is 29.6 Å². The van der Waals surface area contributed by atoms with E-state index < -0.39 is 20.8 Å². The van der Waals surface area contributed by atoms with Gasteiger partial charge in [-0.3, -0.25) is 9.11 Å². The van der Waals surface area contributed by atoms with Gasteiger partial charge in [0, 0.05) is 13.1 Å². The lowest BCUT2D eigenvalue weighted by Gasteiger charge is -2.19. The number of allylic oxidation sites excluding steroid dienone is 2. The van der Waals surface area contributed by atoms with Gasteiger partial charge in [-0.15, -0.1) is 3.63 Å². The van der Waals surface area contributed by atoms with Crippen molar-refractivity contribution in [3.8, 4) is 0 Å². The molecule has 1 rings (SSSR count). The zero-order valence-electron chi connectivity index (χ0n) is 9.85. The predicted octanol–water partition coefficient (Wildman–Crippen LogP) is 0.391. The molecular weight excluding hydrogens is 286 g/mol. The second kappa shape index (κ2) is 6.85. The van der Waals surface area contributed by atoms with Crippen LogP contribution in [0.1, 0.15) is 13.8 Å². The molecule has 8 nitrogen and oxygen atoms in total. The first-order valence-electron chi connectivity index (χ1n) is 4.78. The van der Waals surface area contributed by atoms with Crippen molar-refractivity contribution >= 4 is 20.8 Å². The highest BCUT2D eigenvalue weighted by molar-refractivity contribution is 7.94. The largest absolute Gasteiger partial charge is 0.413 e. The lowest BCUT2D eigenvalue weighted by molar-refractivity contribution is 0.344. The van der Waals surface area contributed by atoms with Crippen LogP contribution in [0.2, 0.25) is 0 Å². The number of rotatable bonds is 3. The Morgan fingerprint density at radius 1 is 1.28 bits per heavy atom. The third kappa shape index (κ3) is 10.2.